The summed E-state index contributed by atoms with van der Waals surface area (Å²) in [6.07, 6.45) is 0. The molecule has 0 saturated carbocycles. The Kier molecular flexibility index (Phi) is 4.73. The van der Waals surface area contributed by atoms with E-state index in [1.165, 1.54) is 0 Å². The van der Waals surface area contributed by atoms with Gasteiger partial charge in [0.05, 0.1) is 16.9 Å². The molecule has 0 N–H and O–H groups in total. The first kappa shape index (κ1) is 16.7. The number of halogens is 1. The molecule has 0 bridgehead atoms. The Bertz CT molecular complexity index is 762. The van der Waals surface area contributed by atoms with Gasteiger partial charge < -0.3 is 14.7 Å². The van der Waals surface area contributed by atoms with Gasteiger partial charge in [-0.2, -0.15) is 0 Å². The quantitative estimate of drug-likeness (QED) is 0.797. The van der Waals surface area contributed by atoms with Crippen molar-refractivity contribution < 1.29 is 4.79 Å². The molecule has 0 saturated heterocycles. The van der Waals surface area contributed by atoms with Crippen molar-refractivity contribution in [2.45, 2.75) is 6.92 Å². The molecule has 1 amide bonds. The minimum atomic E-state index is -0.00577. The summed E-state index contributed by atoms with van der Waals surface area (Å²) in [7, 11) is 3.99. The van der Waals surface area contributed by atoms with E-state index in [2.05, 4.69) is 9.88 Å². The third kappa shape index (κ3) is 2.97. The third-order valence-electron chi connectivity index (χ3n) is 4.12. The average Bonchev–Trinajstić information content (AvgIpc) is 2.66. The molecule has 3 rings (SSSR count). The first-order valence-corrected chi connectivity index (χ1v) is 8.40. The fraction of sp³-hybridized carbons (Fsp3) is 0.333. The van der Waals surface area contributed by atoms with Gasteiger partial charge in [0.25, 0.3) is 5.91 Å². The van der Waals surface area contributed by atoms with Gasteiger partial charge in [-0.05, 0) is 45.3 Å². The van der Waals surface area contributed by atoms with Crippen LogP contribution in [0.5, 0.6) is 0 Å². The van der Waals surface area contributed by atoms with Crippen LogP contribution < -0.4 is 9.80 Å². The molecular weight excluding hydrogens is 324 g/mol. The maximum absolute atomic E-state index is 13.2. The minimum Gasteiger partial charge on any atom is -0.324 e. The number of anilines is 3. The number of benzene rings is 1. The molecule has 1 aliphatic heterocycles. The summed E-state index contributed by atoms with van der Waals surface area (Å²) >= 11 is 6.14. The smallest absolute Gasteiger partial charge is 0.260 e. The molecule has 0 fully saturated rings. The van der Waals surface area contributed by atoms with Crippen molar-refractivity contribution in [3.8, 4) is 0 Å². The predicted molar refractivity (Wildman–Crippen MR) is 98.6 cm³/mol. The number of hydrogen-bond acceptors (Lipinski definition) is 4. The second-order valence-corrected chi connectivity index (χ2v) is 6.39. The van der Waals surface area contributed by atoms with E-state index in [1.54, 1.807) is 11.0 Å². The number of rotatable bonds is 4. The number of amides is 1. The highest BCUT2D eigenvalue weighted by Crippen LogP contribution is 2.39. The van der Waals surface area contributed by atoms with Crippen molar-refractivity contribution in [3.63, 3.8) is 0 Å². The summed E-state index contributed by atoms with van der Waals surface area (Å²) in [6, 6.07) is 11.3. The molecule has 0 aliphatic carbocycles. The maximum atomic E-state index is 13.2. The molecule has 5 nitrogen and oxygen atoms in total. The Morgan fingerprint density at radius 3 is 2.54 bits per heavy atom. The average molecular weight is 345 g/mol. The SMILES string of the molecule is CCN1c2ccccc2C(=O)N(CCN(C)C)c2ccc(Cl)nc21. The lowest BCUT2D eigenvalue weighted by Crippen LogP contribution is -2.36. The van der Waals surface area contributed by atoms with Crippen LogP contribution in [0, 0.1) is 0 Å². The molecule has 1 aliphatic rings. The summed E-state index contributed by atoms with van der Waals surface area (Å²) in [5, 5.41) is 0.423. The van der Waals surface area contributed by atoms with Crippen LogP contribution in [0.3, 0.4) is 0 Å². The number of hydrogen-bond donors (Lipinski definition) is 0. The number of carbonyl (C=O) groups excluding carboxylic acids is 1. The molecule has 0 radical (unpaired) electrons. The first-order valence-electron chi connectivity index (χ1n) is 8.02. The van der Waals surface area contributed by atoms with Crippen molar-refractivity contribution in [1.29, 1.82) is 0 Å². The lowest BCUT2D eigenvalue weighted by molar-refractivity contribution is 0.0986. The van der Waals surface area contributed by atoms with Gasteiger partial charge in [-0.15, -0.1) is 0 Å². The van der Waals surface area contributed by atoms with E-state index in [0.29, 0.717) is 23.8 Å². The Hall–Kier alpha value is -2.11. The van der Waals surface area contributed by atoms with Crippen LogP contribution in [-0.2, 0) is 0 Å². The summed E-state index contributed by atoms with van der Waals surface area (Å²) in [5.41, 5.74) is 2.35. The Morgan fingerprint density at radius 1 is 1.08 bits per heavy atom. The van der Waals surface area contributed by atoms with E-state index in [0.717, 1.165) is 23.7 Å². The zero-order valence-corrected chi connectivity index (χ0v) is 14.9. The molecule has 0 unspecified atom stereocenters. The molecule has 2 heterocycles. The van der Waals surface area contributed by atoms with Crippen LogP contribution in [0.15, 0.2) is 36.4 Å². The highest BCUT2D eigenvalue weighted by molar-refractivity contribution is 6.29. The Balaban J connectivity index is 2.19. The van der Waals surface area contributed by atoms with Gasteiger partial charge in [-0.25, -0.2) is 4.98 Å². The molecule has 0 spiro atoms. The molecule has 126 valence electrons. The van der Waals surface area contributed by atoms with Gasteiger partial charge >= 0.3 is 0 Å². The lowest BCUT2D eigenvalue weighted by atomic mass is 10.1. The molecule has 6 heteroatoms. The number of pyridine rings is 1. The number of nitrogens with zero attached hydrogens (tertiary/aromatic N) is 4. The zero-order valence-electron chi connectivity index (χ0n) is 14.2. The van der Waals surface area contributed by atoms with Crippen molar-refractivity contribution >= 4 is 34.7 Å². The van der Waals surface area contributed by atoms with Gasteiger partial charge in [0.15, 0.2) is 5.82 Å². The van der Waals surface area contributed by atoms with Crippen molar-refractivity contribution in [2.24, 2.45) is 0 Å². The first-order chi connectivity index (χ1) is 11.5. The standard InChI is InChI=1S/C18H21ClN4O/c1-4-22-14-8-6-5-7-13(14)18(24)23(12-11-21(2)3)15-9-10-16(19)20-17(15)22/h5-10H,4,11-12H2,1-3H3. The number of fused-ring (bicyclic) bond motifs is 2. The van der Waals surface area contributed by atoms with E-state index in [1.807, 2.05) is 56.3 Å². The summed E-state index contributed by atoms with van der Waals surface area (Å²) in [5.74, 6) is 0.718. The Labute approximate surface area is 147 Å². The van der Waals surface area contributed by atoms with E-state index in [9.17, 15) is 4.79 Å². The predicted octanol–water partition coefficient (Wildman–Crippen LogP) is 3.41. The topological polar surface area (TPSA) is 39.7 Å². The maximum Gasteiger partial charge on any atom is 0.260 e. The van der Waals surface area contributed by atoms with Gasteiger partial charge in [-0.1, -0.05) is 23.7 Å². The van der Waals surface area contributed by atoms with Crippen LogP contribution in [0.1, 0.15) is 17.3 Å². The molecule has 0 atom stereocenters. The monoisotopic (exact) mass is 344 g/mol. The van der Waals surface area contributed by atoms with E-state index >= 15 is 0 Å². The van der Waals surface area contributed by atoms with Gasteiger partial charge in [0.1, 0.15) is 5.15 Å². The van der Waals surface area contributed by atoms with Crippen LogP contribution in [-0.4, -0.2) is 49.5 Å². The molecule has 2 aromatic rings. The van der Waals surface area contributed by atoms with Crippen LogP contribution in [0.2, 0.25) is 5.15 Å². The third-order valence-corrected chi connectivity index (χ3v) is 4.33. The van der Waals surface area contributed by atoms with Crippen LogP contribution >= 0.6 is 11.6 Å². The normalized spacial score (nSPS) is 13.8. The summed E-state index contributed by atoms with van der Waals surface area (Å²) < 4.78 is 0. The number of carbonyl (C=O) groups is 1. The van der Waals surface area contributed by atoms with Crippen molar-refractivity contribution in [2.75, 3.05) is 43.5 Å². The van der Waals surface area contributed by atoms with Gasteiger partial charge in [-0.3, -0.25) is 4.79 Å². The highest BCUT2D eigenvalue weighted by atomic mass is 35.5. The summed E-state index contributed by atoms with van der Waals surface area (Å²) in [4.78, 5) is 23.6. The number of aromatic nitrogens is 1. The molecule has 24 heavy (non-hydrogen) atoms. The van der Waals surface area contributed by atoms with Gasteiger partial charge in [0.2, 0.25) is 0 Å². The minimum absolute atomic E-state index is 0.00577. The van der Waals surface area contributed by atoms with Crippen LogP contribution in [0.4, 0.5) is 17.2 Å². The fourth-order valence-corrected chi connectivity index (χ4v) is 3.07. The van der Waals surface area contributed by atoms with Crippen molar-refractivity contribution in [3.05, 3.63) is 47.1 Å². The Morgan fingerprint density at radius 2 is 1.83 bits per heavy atom. The summed E-state index contributed by atoms with van der Waals surface area (Å²) in [6.45, 7) is 4.10. The number of likely N-dealkylation sites (N-methyl/N-ethyl adjacent to an activating group) is 1. The van der Waals surface area contributed by atoms with E-state index < -0.39 is 0 Å². The van der Waals surface area contributed by atoms with E-state index in [-0.39, 0.29) is 5.91 Å². The van der Waals surface area contributed by atoms with Gasteiger partial charge in [0, 0.05) is 19.6 Å². The largest absolute Gasteiger partial charge is 0.324 e. The van der Waals surface area contributed by atoms with E-state index in [4.69, 9.17) is 11.6 Å². The zero-order chi connectivity index (χ0) is 17.3. The second kappa shape index (κ2) is 6.79. The molecule has 1 aromatic heterocycles. The van der Waals surface area contributed by atoms with Crippen LogP contribution in [0.25, 0.3) is 0 Å². The number of para-hydroxylation sites is 1. The lowest BCUT2D eigenvalue weighted by Gasteiger charge is -2.26. The fourth-order valence-electron chi connectivity index (χ4n) is 2.93. The molecular formula is C18H21ClN4O. The highest BCUT2D eigenvalue weighted by Gasteiger charge is 2.31. The molecule has 1 aromatic carbocycles. The second-order valence-electron chi connectivity index (χ2n) is 6.00. The van der Waals surface area contributed by atoms with Crippen molar-refractivity contribution in [1.82, 2.24) is 9.88 Å².